The van der Waals surface area contributed by atoms with Crippen LogP contribution in [0, 0.1) is 6.92 Å². The summed E-state index contributed by atoms with van der Waals surface area (Å²) in [7, 11) is 0. The molecule has 19 heavy (non-hydrogen) atoms. The van der Waals surface area contributed by atoms with Gasteiger partial charge in [0.05, 0.1) is 12.1 Å². The van der Waals surface area contributed by atoms with Gasteiger partial charge in [0.1, 0.15) is 0 Å². The Labute approximate surface area is 109 Å². The molecule has 0 unspecified atom stereocenters. The van der Waals surface area contributed by atoms with Crippen LogP contribution in [-0.4, -0.2) is 27.8 Å². The van der Waals surface area contributed by atoms with Gasteiger partial charge in [-0.05, 0) is 31.0 Å². The van der Waals surface area contributed by atoms with E-state index < -0.39 is 5.97 Å². The second-order valence-corrected chi connectivity index (χ2v) is 4.56. The van der Waals surface area contributed by atoms with Gasteiger partial charge in [0.25, 0.3) is 0 Å². The van der Waals surface area contributed by atoms with Crippen LogP contribution in [0.2, 0.25) is 0 Å². The van der Waals surface area contributed by atoms with Gasteiger partial charge < -0.3 is 14.5 Å². The van der Waals surface area contributed by atoms with Gasteiger partial charge in [0, 0.05) is 12.2 Å². The molecule has 0 bridgehead atoms. The highest BCUT2D eigenvalue weighted by Crippen LogP contribution is 2.30. The van der Waals surface area contributed by atoms with E-state index in [2.05, 4.69) is 15.0 Å². The number of carbonyl (C=O) groups is 1. The zero-order valence-corrected chi connectivity index (χ0v) is 10.5. The Hall–Kier alpha value is -2.37. The zero-order valence-electron chi connectivity index (χ0n) is 10.5. The summed E-state index contributed by atoms with van der Waals surface area (Å²) in [6.45, 7) is 3.12. The molecule has 0 spiro atoms. The predicted octanol–water partition coefficient (Wildman–Crippen LogP) is 1.64. The standard InChI is InChI=1S/C13H13N3O3/c1-8-14-12(19-15-8)7-16-5-4-9-2-3-10(13(17)18)6-11(9)16/h2-3,6H,4-5,7H2,1H3,(H,17,18). The molecular formula is C13H13N3O3. The number of aryl methyl sites for hydroxylation is 1. The lowest BCUT2D eigenvalue weighted by Gasteiger charge is -2.17. The molecule has 3 rings (SSSR count). The van der Waals surface area contributed by atoms with Crippen molar-refractivity contribution in [1.82, 2.24) is 10.1 Å². The summed E-state index contributed by atoms with van der Waals surface area (Å²) in [6.07, 6.45) is 0.905. The fourth-order valence-electron chi connectivity index (χ4n) is 2.31. The van der Waals surface area contributed by atoms with E-state index in [4.69, 9.17) is 9.63 Å². The molecule has 6 nitrogen and oxygen atoms in total. The lowest BCUT2D eigenvalue weighted by molar-refractivity contribution is 0.0697. The number of aromatic nitrogens is 2. The van der Waals surface area contributed by atoms with E-state index in [0.717, 1.165) is 24.2 Å². The first-order valence-electron chi connectivity index (χ1n) is 6.04. The minimum absolute atomic E-state index is 0.298. The number of rotatable bonds is 3. The number of carboxylic acids is 1. The van der Waals surface area contributed by atoms with Gasteiger partial charge in [0.2, 0.25) is 5.89 Å². The SMILES string of the molecule is Cc1noc(CN2CCc3ccc(C(=O)O)cc32)n1. The lowest BCUT2D eigenvalue weighted by atomic mass is 10.1. The van der Waals surface area contributed by atoms with Gasteiger partial charge in [-0.25, -0.2) is 4.79 Å². The largest absolute Gasteiger partial charge is 0.478 e. The number of anilines is 1. The highest BCUT2D eigenvalue weighted by molar-refractivity contribution is 5.89. The van der Waals surface area contributed by atoms with Crippen LogP contribution in [0.4, 0.5) is 5.69 Å². The second-order valence-electron chi connectivity index (χ2n) is 4.56. The summed E-state index contributed by atoms with van der Waals surface area (Å²) in [4.78, 5) is 17.2. The molecule has 0 amide bonds. The topological polar surface area (TPSA) is 79.5 Å². The molecule has 1 aliphatic heterocycles. The first kappa shape index (κ1) is 11.7. The van der Waals surface area contributed by atoms with E-state index in [0.29, 0.717) is 23.8 Å². The quantitative estimate of drug-likeness (QED) is 0.902. The average Bonchev–Trinajstić information content (AvgIpc) is 2.96. The molecule has 0 atom stereocenters. The molecular weight excluding hydrogens is 246 g/mol. The number of benzene rings is 1. The van der Waals surface area contributed by atoms with Crippen LogP contribution in [0.3, 0.4) is 0 Å². The first-order valence-corrected chi connectivity index (χ1v) is 6.04. The van der Waals surface area contributed by atoms with Crippen molar-refractivity contribution < 1.29 is 14.4 Å². The lowest BCUT2D eigenvalue weighted by Crippen LogP contribution is -2.20. The molecule has 2 heterocycles. The number of fused-ring (bicyclic) bond motifs is 1. The highest BCUT2D eigenvalue weighted by atomic mass is 16.5. The van der Waals surface area contributed by atoms with E-state index in [1.54, 1.807) is 19.1 Å². The molecule has 0 saturated heterocycles. The smallest absolute Gasteiger partial charge is 0.335 e. The number of aromatic carboxylic acids is 1. The average molecular weight is 259 g/mol. The Morgan fingerprint density at radius 3 is 3.05 bits per heavy atom. The third kappa shape index (κ3) is 2.16. The third-order valence-electron chi connectivity index (χ3n) is 3.22. The van der Waals surface area contributed by atoms with Crippen LogP contribution in [0.1, 0.15) is 27.6 Å². The molecule has 0 fully saturated rings. The van der Waals surface area contributed by atoms with Gasteiger partial charge >= 0.3 is 5.97 Å². The van der Waals surface area contributed by atoms with Crippen LogP contribution < -0.4 is 4.90 Å². The van der Waals surface area contributed by atoms with Crippen LogP contribution in [0.15, 0.2) is 22.7 Å². The first-order chi connectivity index (χ1) is 9.13. The fraction of sp³-hybridized carbons (Fsp3) is 0.308. The van der Waals surface area contributed by atoms with Crippen LogP contribution in [0.25, 0.3) is 0 Å². The Morgan fingerprint density at radius 2 is 2.37 bits per heavy atom. The van der Waals surface area contributed by atoms with Gasteiger partial charge in [-0.1, -0.05) is 11.2 Å². The number of nitrogens with zero attached hydrogens (tertiary/aromatic N) is 3. The monoisotopic (exact) mass is 259 g/mol. The van der Waals surface area contributed by atoms with Crippen LogP contribution in [0.5, 0.6) is 0 Å². The van der Waals surface area contributed by atoms with Crippen molar-refractivity contribution >= 4 is 11.7 Å². The van der Waals surface area contributed by atoms with Gasteiger partial charge in [-0.15, -0.1) is 0 Å². The Kier molecular flexibility index (Phi) is 2.70. The summed E-state index contributed by atoms with van der Waals surface area (Å²) >= 11 is 0. The fourth-order valence-corrected chi connectivity index (χ4v) is 2.31. The molecule has 1 aromatic carbocycles. The van der Waals surface area contributed by atoms with Gasteiger partial charge in [0.15, 0.2) is 5.82 Å². The number of carboxylic acid groups (broad SMARTS) is 1. The molecule has 98 valence electrons. The van der Waals surface area contributed by atoms with Gasteiger partial charge in [-0.2, -0.15) is 4.98 Å². The van der Waals surface area contributed by atoms with Crippen molar-refractivity contribution in [3.8, 4) is 0 Å². The molecule has 6 heteroatoms. The van der Waals surface area contributed by atoms with E-state index in [1.165, 1.54) is 0 Å². The minimum Gasteiger partial charge on any atom is -0.478 e. The summed E-state index contributed by atoms with van der Waals surface area (Å²) in [5.41, 5.74) is 2.39. The van der Waals surface area contributed by atoms with E-state index in [-0.39, 0.29) is 0 Å². The number of hydrogen-bond donors (Lipinski definition) is 1. The van der Waals surface area contributed by atoms with Crippen LogP contribution in [-0.2, 0) is 13.0 Å². The molecule has 0 aliphatic carbocycles. The Morgan fingerprint density at radius 1 is 1.53 bits per heavy atom. The van der Waals surface area contributed by atoms with Crippen LogP contribution >= 0.6 is 0 Å². The number of hydrogen-bond acceptors (Lipinski definition) is 5. The van der Waals surface area contributed by atoms with Crippen molar-refractivity contribution in [3.05, 3.63) is 41.0 Å². The maximum atomic E-state index is 11.0. The molecule has 0 radical (unpaired) electrons. The maximum Gasteiger partial charge on any atom is 0.335 e. The van der Waals surface area contributed by atoms with Crippen molar-refractivity contribution in [2.24, 2.45) is 0 Å². The highest BCUT2D eigenvalue weighted by Gasteiger charge is 2.22. The summed E-state index contributed by atoms with van der Waals surface area (Å²) < 4.78 is 5.10. The molecule has 1 N–H and O–H groups in total. The van der Waals surface area contributed by atoms with Crippen molar-refractivity contribution in [2.45, 2.75) is 19.9 Å². The zero-order chi connectivity index (χ0) is 13.4. The minimum atomic E-state index is -0.914. The van der Waals surface area contributed by atoms with Crippen molar-refractivity contribution in [3.63, 3.8) is 0 Å². The van der Waals surface area contributed by atoms with Crippen molar-refractivity contribution in [1.29, 1.82) is 0 Å². The summed E-state index contributed by atoms with van der Waals surface area (Å²) in [5.74, 6) is 0.239. The second kappa shape index (κ2) is 4.38. The van der Waals surface area contributed by atoms with E-state index in [1.807, 2.05) is 6.07 Å². The normalized spacial score (nSPS) is 13.6. The Balaban J connectivity index is 1.88. The molecule has 2 aromatic rings. The van der Waals surface area contributed by atoms with Crippen molar-refractivity contribution in [2.75, 3.05) is 11.4 Å². The van der Waals surface area contributed by atoms with Gasteiger partial charge in [-0.3, -0.25) is 0 Å². The van der Waals surface area contributed by atoms with E-state index >= 15 is 0 Å². The van der Waals surface area contributed by atoms with E-state index in [9.17, 15) is 4.79 Å². The molecule has 1 aromatic heterocycles. The Bertz CT molecular complexity index is 636. The predicted molar refractivity (Wildman–Crippen MR) is 67.2 cm³/mol. The third-order valence-corrected chi connectivity index (χ3v) is 3.22. The maximum absolute atomic E-state index is 11.0. The molecule has 0 saturated carbocycles. The molecule has 1 aliphatic rings. The summed E-state index contributed by atoms with van der Waals surface area (Å²) in [5, 5.41) is 12.8. The summed E-state index contributed by atoms with van der Waals surface area (Å²) in [6, 6.07) is 5.22.